The molecule has 2 aliphatic rings. The summed E-state index contributed by atoms with van der Waals surface area (Å²) >= 11 is 5.22. The van der Waals surface area contributed by atoms with Gasteiger partial charge in [-0.3, -0.25) is 4.72 Å². The molecular weight excluding hydrogens is 210 g/mol. The predicted octanol–water partition coefficient (Wildman–Crippen LogP) is 2.42. The number of hydrogen-bond acceptors (Lipinski definition) is 2. The van der Waals surface area contributed by atoms with E-state index >= 15 is 0 Å². The van der Waals surface area contributed by atoms with Crippen molar-refractivity contribution >= 4 is 27.9 Å². The van der Waals surface area contributed by atoms with Crippen LogP contribution in [0.4, 0.5) is 0 Å². The number of halogens is 1. The van der Waals surface area contributed by atoms with Crippen LogP contribution in [-0.4, -0.2) is 6.04 Å². The van der Waals surface area contributed by atoms with Crippen molar-refractivity contribution in [2.75, 3.05) is 0 Å². The second-order valence-electron chi connectivity index (χ2n) is 2.63. The molecule has 0 radical (unpaired) electrons. The zero-order valence-electron chi connectivity index (χ0n) is 5.60. The van der Waals surface area contributed by atoms with Gasteiger partial charge in [0.2, 0.25) is 0 Å². The van der Waals surface area contributed by atoms with Crippen LogP contribution >= 0.6 is 27.9 Å². The van der Waals surface area contributed by atoms with Gasteiger partial charge in [0.1, 0.15) is 0 Å². The van der Waals surface area contributed by atoms with E-state index in [1.165, 1.54) is 9.39 Å². The first-order chi connectivity index (χ1) is 4.77. The quantitative estimate of drug-likeness (QED) is 0.626. The third-order valence-corrected chi connectivity index (χ3v) is 3.53. The SMILES string of the molecule is CC1C2=CC(Br)=CC1NS2. The molecule has 2 unspecified atom stereocenters. The van der Waals surface area contributed by atoms with E-state index in [4.69, 9.17) is 0 Å². The maximum Gasteiger partial charge on any atom is 0.0440 e. The van der Waals surface area contributed by atoms with E-state index in [0.717, 1.165) is 0 Å². The molecule has 1 saturated heterocycles. The van der Waals surface area contributed by atoms with E-state index in [0.29, 0.717) is 12.0 Å². The van der Waals surface area contributed by atoms with Crippen molar-refractivity contribution in [1.82, 2.24) is 4.72 Å². The highest BCUT2D eigenvalue weighted by atomic mass is 79.9. The highest BCUT2D eigenvalue weighted by Crippen LogP contribution is 2.39. The normalized spacial score (nSPS) is 37.4. The molecule has 1 nitrogen and oxygen atoms in total. The van der Waals surface area contributed by atoms with Gasteiger partial charge in [0.25, 0.3) is 0 Å². The lowest BCUT2D eigenvalue weighted by Crippen LogP contribution is -2.21. The summed E-state index contributed by atoms with van der Waals surface area (Å²) in [6, 6.07) is 0.541. The summed E-state index contributed by atoms with van der Waals surface area (Å²) in [5, 5.41) is 0. The van der Waals surface area contributed by atoms with Crippen LogP contribution in [0.5, 0.6) is 0 Å². The molecule has 0 aromatic rings. The Morgan fingerprint density at radius 1 is 1.70 bits per heavy atom. The Balaban J connectivity index is 2.37. The smallest absolute Gasteiger partial charge is 0.0440 e. The molecule has 2 atom stereocenters. The Morgan fingerprint density at radius 2 is 2.50 bits per heavy atom. The molecule has 0 spiro atoms. The Kier molecular flexibility index (Phi) is 1.66. The second-order valence-corrected chi connectivity index (χ2v) is 4.46. The molecule has 1 heterocycles. The van der Waals surface area contributed by atoms with Crippen LogP contribution in [0.25, 0.3) is 0 Å². The van der Waals surface area contributed by atoms with Crippen molar-refractivity contribution < 1.29 is 0 Å². The molecule has 1 aliphatic carbocycles. The summed E-state index contributed by atoms with van der Waals surface area (Å²) in [5.74, 6) is 0.672. The number of hydrogen-bond donors (Lipinski definition) is 1. The van der Waals surface area contributed by atoms with E-state index in [1.54, 1.807) is 11.9 Å². The van der Waals surface area contributed by atoms with Crippen molar-refractivity contribution in [3.05, 3.63) is 21.5 Å². The Labute approximate surface area is 73.2 Å². The van der Waals surface area contributed by atoms with Gasteiger partial charge in [-0.25, -0.2) is 0 Å². The molecule has 0 aromatic heterocycles. The third-order valence-electron chi connectivity index (χ3n) is 1.92. The molecule has 0 amide bonds. The van der Waals surface area contributed by atoms with E-state index in [9.17, 15) is 0 Å². The number of rotatable bonds is 0. The van der Waals surface area contributed by atoms with Crippen LogP contribution in [0.2, 0.25) is 0 Å². The fourth-order valence-electron chi connectivity index (χ4n) is 1.20. The van der Waals surface area contributed by atoms with Gasteiger partial charge >= 0.3 is 0 Å². The van der Waals surface area contributed by atoms with E-state index < -0.39 is 0 Å². The fraction of sp³-hybridized carbons (Fsp3) is 0.429. The monoisotopic (exact) mass is 217 g/mol. The molecule has 10 heavy (non-hydrogen) atoms. The number of allylic oxidation sites excluding steroid dienone is 2. The van der Waals surface area contributed by atoms with Gasteiger partial charge in [0.15, 0.2) is 0 Å². The van der Waals surface area contributed by atoms with Crippen LogP contribution in [0.3, 0.4) is 0 Å². The molecular formula is C7H8BrNS. The van der Waals surface area contributed by atoms with Crippen molar-refractivity contribution in [2.45, 2.75) is 13.0 Å². The standard InChI is InChI=1S/C7H8BrNS/c1-4-6-2-5(8)3-7(4)10-9-6/h2-4,6,9H,1H3. The molecule has 3 heteroatoms. The first kappa shape index (κ1) is 6.95. The highest BCUT2D eigenvalue weighted by Gasteiger charge is 2.29. The average molecular weight is 218 g/mol. The molecule has 54 valence electrons. The summed E-state index contributed by atoms with van der Waals surface area (Å²) in [4.78, 5) is 1.44. The minimum atomic E-state index is 0.541. The predicted molar refractivity (Wildman–Crippen MR) is 48.8 cm³/mol. The Bertz CT molecular complexity index is 222. The van der Waals surface area contributed by atoms with Gasteiger partial charge in [0.05, 0.1) is 0 Å². The van der Waals surface area contributed by atoms with Crippen molar-refractivity contribution in [3.8, 4) is 0 Å². The maximum absolute atomic E-state index is 3.47. The topological polar surface area (TPSA) is 12.0 Å². The summed E-state index contributed by atoms with van der Waals surface area (Å²) in [5.41, 5.74) is 0. The van der Waals surface area contributed by atoms with Gasteiger partial charge in [-0.15, -0.1) is 0 Å². The van der Waals surface area contributed by atoms with E-state index in [2.05, 4.69) is 39.7 Å². The summed E-state index contributed by atoms with van der Waals surface area (Å²) < 4.78 is 4.55. The largest absolute Gasteiger partial charge is 0.253 e. The van der Waals surface area contributed by atoms with Crippen LogP contribution in [0, 0.1) is 5.92 Å². The number of nitrogens with one attached hydrogen (secondary N) is 1. The summed E-state index contributed by atoms with van der Waals surface area (Å²) in [6.07, 6.45) is 4.40. The Morgan fingerprint density at radius 3 is 3.20 bits per heavy atom. The molecule has 1 N–H and O–H groups in total. The lowest BCUT2D eigenvalue weighted by atomic mass is 9.98. The minimum Gasteiger partial charge on any atom is -0.253 e. The lowest BCUT2D eigenvalue weighted by Gasteiger charge is -2.13. The molecule has 2 rings (SSSR count). The maximum atomic E-state index is 3.47. The Hall–Kier alpha value is 0.270. The second kappa shape index (κ2) is 2.40. The van der Waals surface area contributed by atoms with Crippen LogP contribution in [0.15, 0.2) is 21.5 Å². The average Bonchev–Trinajstić information content (AvgIpc) is 2.20. The van der Waals surface area contributed by atoms with E-state index in [-0.39, 0.29) is 0 Å². The van der Waals surface area contributed by atoms with Gasteiger partial charge in [0, 0.05) is 21.3 Å². The van der Waals surface area contributed by atoms with Crippen molar-refractivity contribution in [2.24, 2.45) is 5.92 Å². The van der Waals surface area contributed by atoms with Crippen molar-refractivity contribution in [3.63, 3.8) is 0 Å². The summed E-state index contributed by atoms with van der Waals surface area (Å²) in [6.45, 7) is 2.25. The van der Waals surface area contributed by atoms with E-state index in [1.807, 2.05) is 0 Å². The van der Waals surface area contributed by atoms with Crippen LogP contribution in [-0.2, 0) is 0 Å². The first-order valence-electron chi connectivity index (χ1n) is 3.28. The van der Waals surface area contributed by atoms with Gasteiger partial charge in [-0.05, 0) is 18.0 Å². The lowest BCUT2D eigenvalue weighted by molar-refractivity contribution is 0.611. The third kappa shape index (κ3) is 0.966. The van der Waals surface area contributed by atoms with Crippen LogP contribution < -0.4 is 4.72 Å². The summed E-state index contributed by atoms with van der Waals surface area (Å²) in [7, 11) is 0. The molecule has 1 aliphatic heterocycles. The molecule has 0 saturated carbocycles. The van der Waals surface area contributed by atoms with Crippen molar-refractivity contribution in [1.29, 1.82) is 0 Å². The van der Waals surface area contributed by atoms with Gasteiger partial charge in [-0.2, -0.15) is 0 Å². The van der Waals surface area contributed by atoms with Gasteiger partial charge < -0.3 is 0 Å². The first-order valence-corrected chi connectivity index (χ1v) is 4.89. The number of fused-ring (bicyclic) bond motifs is 2. The molecule has 1 fully saturated rings. The molecule has 0 aromatic carbocycles. The van der Waals surface area contributed by atoms with Crippen LogP contribution in [0.1, 0.15) is 6.92 Å². The zero-order chi connectivity index (χ0) is 7.14. The zero-order valence-corrected chi connectivity index (χ0v) is 8.00. The van der Waals surface area contributed by atoms with Gasteiger partial charge in [-0.1, -0.05) is 28.9 Å². The minimum absolute atomic E-state index is 0.541. The highest BCUT2D eigenvalue weighted by molar-refractivity contribution is 9.11. The molecule has 2 bridgehead atoms. The fourth-order valence-corrected chi connectivity index (χ4v) is 2.95.